The topological polar surface area (TPSA) is 89.6 Å². The van der Waals surface area contributed by atoms with Crippen molar-refractivity contribution in [1.82, 2.24) is 24.7 Å². The number of likely N-dealkylation sites (N-methyl/N-ethyl adjacent to an activating group) is 1. The van der Waals surface area contributed by atoms with E-state index in [9.17, 15) is 14.4 Å². The maximum Gasteiger partial charge on any atom is 0.289 e. The fourth-order valence-electron chi connectivity index (χ4n) is 3.49. The number of amides is 2. The quantitative estimate of drug-likeness (QED) is 0.757. The van der Waals surface area contributed by atoms with Crippen LogP contribution < -0.4 is 5.56 Å². The van der Waals surface area contributed by atoms with Gasteiger partial charge in [0, 0.05) is 39.8 Å². The summed E-state index contributed by atoms with van der Waals surface area (Å²) in [6.45, 7) is 3.01. The molecule has 8 nitrogen and oxygen atoms in total. The first-order chi connectivity index (χ1) is 12.0. The zero-order chi connectivity index (χ0) is 17.6. The molecule has 0 unspecified atom stereocenters. The summed E-state index contributed by atoms with van der Waals surface area (Å²) in [5.41, 5.74) is 0.155. The number of carbonyl (C=O) groups excluding carboxylic acids is 2. The molecule has 0 aliphatic carbocycles. The van der Waals surface area contributed by atoms with Gasteiger partial charge in [-0.25, -0.2) is 4.98 Å². The second-order valence-electron chi connectivity index (χ2n) is 6.49. The molecule has 0 bridgehead atoms. The van der Waals surface area contributed by atoms with E-state index in [2.05, 4.69) is 14.9 Å². The molecule has 0 radical (unpaired) electrons. The number of hydrogen-bond acceptors (Lipinski definition) is 5. The predicted octanol–water partition coefficient (Wildman–Crippen LogP) is -0.478. The van der Waals surface area contributed by atoms with E-state index in [1.165, 1.54) is 0 Å². The second kappa shape index (κ2) is 5.96. The van der Waals surface area contributed by atoms with E-state index in [0.29, 0.717) is 37.1 Å². The normalized spacial score (nSPS) is 21.5. The monoisotopic (exact) mass is 341 g/mol. The van der Waals surface area contributed by atoms with Crippen molar-refractivity contribution in [2.45, 2.75) is 6.04 Å². The van der Waals surface area contributed by atoms with Gasteiger partial charge in [-0.2, -0.15) is 0 Å². The lowest BCUT2D eigenvalue weighted by Gasteiger charge is -2.45. The van der Waals surface area contributed by atoms with Crippen LogP contribution in [0.4, 0.5) is 0 Å². The minimum Gasteiger partial charge on any atom is -0.343 e. The minimum absolute atomic E-state index is 0.0220. The van der Waals surface area contributed by atoms with Crippen molar-refractivity contribution >= 4 is 22.7 Å². The van der Waals surface area contributed by atoms with Crippen LogP contribution in [-0.4, -0.2) is 82.3 Å². The number of para-hydroxylation sites is 1. The van der Waals surface area contributed by atoms with Gasteiger partial charge in [0.15, 0.2) is 5.82 Å². The van der Waals surface area contributed by atoms with E-state index in [0.717, 1.165) is 6.54 Å². The molecule has 0 saturated carbocycles. The van der Waals surface area contributed by atoms with Crippen molar-refractivity contribution in [3.8, 4) is 0 Å². The lowest BCUT2D eigenvalue weighted by atomic mass is 10.1. The molecule has 2 saturated heterocycles. The van der Waals surface area contributed by atoms with Crippen LogP contribution in [0.25, 0.3) is 10.9 Å². The van der Waals surface area contributed by atoms with Crippen molar-refractivity contribution in [2.75, 3.05) is 39.8 Å². The predicted molar refractivity (Wildman–Crippen MR) is 91.3 cm³/mol. The first-order valence-electron chi connectivity index (χ1n) is 8.32. The van der Waals surface area contributed by atoms with Crippen LogP contribution in [0.2, 0.25) is 0 Å². The number of benzene rings is 1. The van der Waals surface area contributed by atoms with Crippen LogP contribution in [0.3, 0.4) is 0 Å². The Morgan fingerprint density at radius 1 is 1.16 bits per heavy atom. The number of nitrogens with one attached hydrogen (secondary N) is 1. The Morgan fingerprint density at radius 3 is 2.76 bits per heavy atom. The largest absolute Gasteiger partial charge is 0.343 e. The van der Waals surface area contributed by atoms with Crippen molar-refractivity contribution < 1.29 is 9.59 Å². The summed E-state index contributed by atoms with van der Waals surface area (Å²) < 4.78 is 0. The summed E-state index contributed by atoms with van der Waals surface area (Å²) in [7, 11) is 1.78. The molecule has 1 aromatic carbocycles. The highest BCUT2D eigenvalue weighted by Crippen LogP contribution is 2.17. The molecule has 2 amide bonds. The van der Waals surface area contributed by atoms with Crippen molar-refractivity contribution in [3.63, 3.8) is 0 Å². The van der Waals surface area contributed by atoms with Crippen molar-refractivity contribution in [2.24, 2.45) is 0 Å². The third-order valence-electron chi connectivity index (χ3n) is 4.98. The molecule has 1 aromatic heterocycles. The Hall–Kier alpha value is -2.74. The third-order valence-corrected chi connectivity index (χ3v) is 4.98. The van der Waals surface area contributed by atoms with Gasteiger partial charge < -0.3 is 14.8 Å². The van der Waals surface area contributed by atoms with Gasteiger partial charge in [-0.1, -0.05) is 12.1 Å². The maximum absolute atomic E-state index is 12.8. The van der Waals surface area contributed by atoms with Gasteiger partial charge >= 0.3 is 0 Å². The number of hydrogen-bond donors (Lipinski definition) is 1. The first-order valence-corrected chi connectivity index (χ1v) is 8.32. The molecule has 3 heterocycles. The molecule has 0 spiro atoms. The Morgan fingerprint density at radius 2 is 1.92 bits per heavy atom. The van der Waals surface area contributed by atoms with Crippen LogP contribution >= 0.6 is 0 Å². The van der Waals surface area contributed by atoms with Gasteiger partial charge in [0.1, 0.15) is 6.04 Å². The van der Waals surface area contributed by atoms with Crippen LogP contribution in [-0.2, 0) is 4.79 Å². The molecule has 2 aliphatic rings. The first kappa shape index (κ1) is 15.8. The lowest BCUT2D eigenvalue weighted by Crippen LogP contribution is -2.64. The van der Waals surface area contributed by atoms with Crippen LogP contribution in [0.5, 0.6) is 0 Å². The van der Waals surface area contributed by atoms with Crippen LogP contribution in [0, 0.1) is 0 Å². The average molecular weight is 341 g/mol. The number of aromatic nitrogens is 2. The minimum atomic E-state index is -0.344. The highest BCUT2D eigenvalue weighted by Gasteiger charge is 2.39. The highest BCUT2D eigenvalue weighted by molar-refractivity contribution is 5.93. The van der Waals surface area contributed by atoms with Crippen LogP contribution in [0.15, 0.2) is 29.1 Å². The second-order valence-corrected chi connectivity index (χ2v) is 6.49. The Labute approximate surface area is 144 Å². The Balaban J connectivity index is 1.61. The molecule has 25 heavy (non-hydrogen) atoms. The molecule has 2 fully saturated rings. The molecular weight excluding hydrogens is 322 g/mol. The standard InChI is InChI=1S/C17H19N5O3/c1-20-6-7-21-8-9-22(10-13(21)16(20)24)17(25)14-18-12-5-3-2-4-11(12)15(23)19-14/h2-5,13H,6-10H2,1H3,(H,18,19,23)/t13-/m0/s1. The Bertz CT molecular complexity index is 909. The van der Waals surface area contributed by atoms with Gasteiger partial charge in [-0.05, 0) is 12.1 Å². The number of H-pyrrole nitrogens is 1. The van der Waals surface area contributed by atoms with E-state index in [1.54, 1.807) is 41.1 Å². The summed E-state index contributed by atoms with van der Waals surface area (Å²) >= 11 is 0. The molecule has 4 rings (SSSR count). The van der Waals surface area contributed by atoms with Gasteiger partial charge in [0.2, 0.25) is 5.91 Å². The number of rotatable bonds is 1. The van der Waals surface area contributed by atoms with E-state index >= 15 is 0 Å². The fourth-order valence-corrected chi connectivity index (χ4v) is 3.49. The summed E-state index contributed by atoms with van der Waals surface area (Å²) in [5.74, 6) is -0.291. The number of carbonyl (C=O) groups is 2. The smallest absolute Gasteiger partial charge is 0.289 e. The SMILES string of the molecule is CN1CCN2CCN(C(=O)c3nc4ccccc4c(=O)[nH]3)C[C@H]2C1=O. The van der Waals surface area contributed by atoms with Gasteiger partial charge in [-0.15, -0.1) is 0 Å². The average Bonchev–Trinajstić information content (AvgIpc) is 2.64. The number of piperazine rings is 2. The molecule has 2 aliphatic heterocycles. The van der Waals surface area contributed by atoms with Gasteiger partial charge in [0.25, 0.3) is 11.5 Å². The highest BCUT2D eigenvalue weighted by atomic mass is 16.2. The summed E-state index contributed by atoms with van der Waals surface area (Å²) in [6.07, 6.45) is 0. The van der Waals surface area contributed by atoms with Crippen LogP contribution in [0.1, 0.15) is 10.6 Å². The summed E-state index contributed by atoms with van der Waals surface area (Å²) in [6, 6.07) is 6.59. The zero-order valence-corrected chi connectivity index (χ0v) is 13.9. The van der Waals surface area contributed by atoms with Gasteiger partial charge in [0.05, 0.1) is 10.9 Å². The molecule has 130 valence electrons. The lowest BCUT2D eigenvalue weighted by molar-refractivity contribution is -0.142. The zero-order valence-electron chi connectivity index (χ0n) is 13.9. The van der Waals surface area contributed by atoms with E-state index in [1.807, 2.05) is 0 Å². The van der Waals surface area contributed by atoms with E-state index in [4.69, 9.17) is 0 Å². The molecule has 1 atom stereocenters. The van der Waals surface area contributed by atoms with E-state index in [-0.39, 0.29) is 29.2 Å². The van der Waals surface area contributed by atoms with Crippen molar-refractivity contribution in [3.05, 3.63) is 40.4 Å². The number of aromatic amines is 1. The molecule has 2 aromatic rings. The van der Waals surface area contributed by atoms with Crippen molar-refractivity contribution in [1.29, 1.82) is 0 Å². The van der Waals surface area contributed by atoms with E-state index < -0.39 is 0 Å². The number of fused-ring (bicyclic) bond motifs is 2. The maximum atomic E-state index is 12.8. The third kappa shape index (κ3) is 2.68. The Kier molecular flexibility index (Phi) is 3.76. The summed E-state index contributed by atoms with van der Waals surface area (Å²) in [5, 5.41) is 0.452. The van der Waals surface area contributed by atoms with Gasteiger partial charge in [-0.3, -0.25) is 19.3 Å². The molecule has 8 heteroatoms. The summed E-state index contributed by atoms with van der Waals surface area (Å²) in [4.78, 5) is 49.6. The fraction of sp³-hybridized carbons (Fsp3) is 0.412. The number of nitrogens with zero attached hydrogens (tertiary/aromatic N) is 4. The molecular formula is C17H19N5O3. The molecule has 1 N–H and O–H groups in total.